The van der Waals surface area contributed by atoms with E-state index in [1.54, 1.807) is 50.2 Å². The smallest absolute Gasteiger partial charge is 0.270 e. The zero-order valence-corrected chi connectivity index (χ0v) is 18.0. The molecule has 0 spiro atoms. The number of rotatable bonds is 5. The number of nitro groups is 1. The van der Waals surface area contributed by atoms with Gasteiger partial charge in [-0.3, -0.25) is 24.2 Å². The summed E-state index contributed by atoms with van der Waals surface area (Å²) in [4.78, 5) is 27.7. The first-order valence-electron chi connectivity index (χ1n) is 9.54. The molecule has 10 heteroatoms. The third-order valence-corrected chi connectivity index (χ3v) is 6.50. The average Bonchev–Trinajstić information content (AvgIpc) is 2.73. The minimum atomic E-state index is -4.11. The average molecular weight is 450 g/mol. The molecular formula is C22H18N4O5S. The van der Waals surface area contributed by atoms with E-state index in [1.807, 2.05) is 0 Å². The summed E-state index contributed by atoms with van der Waals surface area (Å²) in [6.45, 7) is 3.25. The van der Waals surface area contributed by atoms with Crippen molar-refractivity contribution in [3.63, 3.8) is 0 Å². The number of nitrogens with zero attached hydrogens (tertiary/aromatic N) is 3. The maximum absolute atomic E-state index is 13.0. The standard InChI is InChI=1S/C22H18N4O5S/c1-14-10-11-18(26(28)29)13-21(14)32(30,31)24-16-6-5-7-17(12-16)25-15(2)23-20-9-4-3-8-19(20)22(25)27/h3-13,24H,1-2H3. The number of aromatic nitrogens is 2. The van der Waals surface area contributed by atoms with Crippen LogP contribution in [0.25, 0.3) is 16.6 Å². The van der Waals surface area contributed by atoms with Crippen molar-refractivity contribution in [3.8, 4) is 5.69 Å². The minimum absolute atomic E-state index is 0.196. The molecule has 0 amide bonds. The molecule has 0 fully saturated rings. The van der Waals surface area contributed by atoms with Crippen molar-refractivity contribution in [1.82, 2.24) is 9.55 Å². The molecule has 162 valence electrons. The first-order valence-corrected chi connectivity index (χ1v) is 11.0. The summed E-state index contributed by atoms with van der Waals surface area (Å²) in [6.07, 6.45) is 0. The van der Waals surface area contributed by atoms with Gasteiger partial charge in [0.15, 0.2) is 0 Å². The van der Waals surface area contributed by atoms with Gasteiger partial charge < -0.3 is 0 Å². The lowest BCUT2D eigenvalue weighted by molar-refractivity contribution is -0.385. The van der Waals surface area contributed by atoms with Crippen LogP contribution in [-0.2, 0) is 10.0 Å². The van der Waals surface area contributed by atoms with Crippen molar-refractivity contribution in [2.24, 2.45) is 0 Å². The van der Waals surface area contributed by atoms with Gasteiger partial charge >= 0.3 is 0 Å². The van der Waals surface area contributed by atoms with Gasteiger partial charge in [0, 0.05) is 12.1 Å². The lowest BCUT2D eigenvalue weighted by Gasteiger charge is -2.14. The fraction of sp³-hybridized carbons (Fsp3) is 0.0909. The van der Waals surface area contributed by atoms with Gasteiger partial charge in [-0.25, -0.2) is 13.4 Å². The number of anilines is 1. The molecule has 9 nitrogen and oxygen atoms in total. The van der Waals surface area contributed by atoms with E-state index in [0.29, 0.717) is 28.0 Å². The van der Waals surface area contributed by atoms with Gasteiger partial charge in [0.2, 0.25) is 0 Å². The van der Waals surface area contributed by atoms with E-state index in [4.69, 9.17) is 0 Å². The summed E-state index contributed by atoms with van der Waals surface area (Å²) in [5, 5.41) is 11.5. The van der Waals surface area contributed by atoms with Crippen molar-refractivity contribution in [1.29, 1.82) is 0 Å². The van der Waals surface area contributed by atoms with Gasteiger partial charge in [0.05, 0.1) is 32.1 Å². The Labute approximate surface area is 183 Å². The van der Waals surface area contributed by atoms with Crippen LogP contribution in [0, 0.1) is 24.0 Å². The molecular weight excluding hydrogens is 432 g/mol. The number of para-hydroxylation sites is 1. The van der Waals surface area contributed by atoms with E-state index >= 15 is 0 Å². The molecule has 0 atom stereocenters. The molecule has 0 radical (unpaired) electrons. The Morgan fingerprint density at radius 1 is 1.00 bits per heavy atom. The highest BCUT2D eigenvalue weighted by molar-refractivity contribution is 7.92. The summed E-state index contributed by atoms with van der Waals surface area (Å²) in [5.41, 5.74) is 0.973. The normalized spacial score (nSPS) is 11.4. The SMILES string of the molecule is Cc1ccc([N+](=O)[O-])cc1S(=O)(=O)Nc1cccc(-n2c(C)nc3ccccc3c2=O)c1. The Bertz CT molecular complexity index is 1540. The van der Waals surface area contributed by atoms with Gasteiger partial charge in [0.25, 0.3) is 21.3 Å². The Morgan fingerprint density at radius 2 is 1.75 bits per heavy atom. The maximum atomic E-state index is 13.0. The number of nitro benzene ring substituents is 1. The van der Waals surface area contributed by atoms with Crippen LogP contribution in [0.5, 0.6) is 0 Å². The third kappa shape index (κ3) is 3.83. The van der Waals surface area contributed by atoms with E-state index in [0.717, 1.165) is 6.07 Å². The van der Waals surface area contributed by atoms with Crippen LogP contribution in [-0.4, -0.2) is 22.9 Å². The Morgan fingerprint density at radius 3 is 2.50 bits per heavy atom. The van der Waals surface area contributed by atoms with Crippen molar-refractivity contribution >= 4 is 32.3 Å². The van der Waals surface area contributed by atoms with Crippen LogP contribution in [0.4, 0.5) is 11.4 Å². The van der Waals surface area contributed by atoms with Crippen LogP contribution >= 0.6 is 0 Å². The van der Waals surface area contributed by atoms with E-state index in [2.05, 4.69) is 9.71 Å². The zero-order chi connectivity index (χ0) is 23.0. The number of sulfonamides is 1. The summed E-state index contributed by atoms with van der Waals surface area (Å²) in [7, 11) is -4.11. The lowest BCUT2D eigenvalue weighted by Crippen LogP contribution is -2.22. The number of benzene rings is 3. The second-order valence-electron chi connectivity index (χ2n) is 7.18. The van der Waals surface area contributed by atoms with Crippen LogP contribution in [0.2, 0.25) is 0 Å². The van der Waals surface area contributed by atoms with Crippen molar-refractivity contribution in [3.05, 3.63) is 98.6 Å². The molecule has 0 unspecified atom stereocenters. The number of hydrogen-bond acceptors (Lipinski definition) is 6. The molecule has 4 rings (SSSR count). The minimum Gasteiger partial charge on any atom is -0.280 e. The van der Waals surface area contributed by atoms with E-state index < -0.39 is 14.9 Å². The largest absolute Gasteiger partial charge is 0.280 e. The summed E-state index contributed by atoms with van der Waals surface area (Å²) < 4.78 is 29.7. The second-order valence-corrected chi connectivity index (χ2v) is 8.83. The fourth-order valence-corrected chi connectivity index (χ4v) is 4.77. The highest BCUT2D eigenvalue weighted by Gasteiger charge is 2.21. The molecule has 1 N–H and O–H groups in total. The predicted octanol–water partition coefficient (Wildman–Crippen LogP) is 3.71. The number of hydrogen-bond donors (Lipinski definition) is 1. The molecule has 0 saturated carbocycles. The molecule has 0 aliphatic carbocycles. The van der Waals surface area contributed by atoms with Crippen LogP contribution in [0.3, 0.4) is 0 Å². The lowest BCUT2D eigenvalue weighted by atomic mass is 10.2. The maximum Gasteiger partial charge on any atom is 0.270 e. The van der Waals surface area contributed by atoms with Gasteiger partial charge in [-0.15, -0.1) is 0 Å². The molecule has 0 bridgehead atoms. The van der Waals surface area contributed by atoms with E-state index in [9.17, 15) is 23.3 Å². The predicted molar refractivity (Wildman–Crippen MR) is 121 cm³/mol. The first kappa shape index (κ1) is 21.2. The number of aryl methyl sites for hydroxylation is 2. The molecule has 0 aliphatic heterocycles. The molecule has 1 heterocycles. The van der Waals surface area contributed by atoms with E-state index in [1.165, 1.54) is 28.8 Å². The molecule has 0 aliphatic rings. The van der Waals surface area contributed by atoms with Gasteiger partial charge in [-0.1, -0.05) is 24.3 Å². The number of nitrogens with one attached hydrogen (secondary N) is 1. The molecule has 3 aromatic carbocycles. The quantitative estimate of drug-likeness (QED) is 0.365. The summed E-state index contributed by atoms with van der Waals surface area (Å²) in [5.74, 6) is 0.447. The topological polar surface area (TPSA) is 124 Å². The Kier molecular flexibility index (Phi) is 5.23. The first-order chi connectivity index (χ1) is 15.2. The van der Waals surface area contributed by atoms with Crippen molar-refractivity contribution in [2.45, 2.75) is 18.7 Å². The molecule has 1 aromatic heterocycles. The van der Waals surface area contributed by atoms with Crippen LogP contribution in [0.1, 0.15) is 11.4 Å². The monoisotopic (exact) mass is 450 g/mol. The summed E-state index contributed by atoms with van der Waals surface area (Å²) in [6, 6.07) is 16.9. The Hall–Kier alpha value is -4.05. The number of non-ortho nitro benzene ring substituents is 1. The van der Waals surface area contributed by atoms with Crippen LogP contribution in [0.15, 0.2) is 76.4 Å². The van der Waals surface area contributed by atoms with Gasteiger partial charge in [-0.05, 0) is 49.7 Å². The molecule has 4 aromatic rings. The molecule has 0 saturated heterocycles. The zero-order valence-electron chi connectivity index (χ0n) is 17.1. The van der Waals surface area contributed by atoms with Gasteiger partial charge in [0.1, 0.15) is 5.82 Å². The van der Waals surface area contributed by atoms with Crippen molar-refractivity contribution in [2.75, 3.05) is 4.72 Å². The molecule has 32 heavy (non-hydrogen) atoms. The van der Waals surface area contributed by atoms with E-state index in [-0.39, 0.29) is 21.8 Å². The number of fused-ring (bicyclic) bond motifs is 1. The fourth-order valence-electron chi connectivity index (χ4n) is 3.46. The second kappa shape index (κ2) is 7.89. The van der Waals surface area contributed by atoms with Crippen LogP contribution < -0.4 is 10.3 Å². The highest BCUT2D eigenvalue weighted by Crippen LogP contribution is 2.25. The third-order valence-electron chi connectivity index (χ3n) is 4.97. The Balaban J connectivity index is 1.77. The highest BCUT2D eigenvalue weighted by atomic mass is 32.2. The van der Waals surface area contributed by atoms with Crippen molar-refractivity contribution < 1.29 is 13.3 Å². The van der Waals surface area contributed by atoms with Gasteiger partial charge in [-0.2, -0.15) is 0 Å². The summed E-state index contributed by atoms with van der Waals surface area (Å²) >= 11 is 0.